The fourth-order valence-corrected chi connectivity index (χ4v) is 1.70. The maximum Gasteiger partial charge on any atom is 0.126 e. The number of hydrogen-bond donors (Lipinski definition) is 1. The van der Waals surface area contributed by atoms with Crippen molar-refractivity contribution in [2.75, 3.05) is 7.11 Å². The average molecular weight is 207 g/mol. The molecule has 0 heterocycles. The Balaban J connectivity index is 3.24. The Labute approximate surface area is 92.4 Å². The van der Waals surface area contributed by atoms with Crippen molar-refractivity contribution in [2.45, 2.75) is 33.7 Å². The van der Waals surface area contributed by atoms with Gasteiger partial charge in [-0.3, -0.25) is 0 Å². The lowest BCUT2D eigenvalue weighted by Gasteiger charge is -2.21. The average Bonchev–Trinajstić information content (AvgIpc) is 2.20. The van der Waals surface area contributed by atoms with E-state index < -0.39 is 0 Å². The van der Waals surface area contributed by atoms with Crippen LogP contribution in [-0.4, -0.2) is 7.11 Å². The van der Waals surface area contributed by atoms with E-state index in [1.165, 1.54) is 11.1 Å². The molecule has 0 saturated carbocycles. The first-order chi connectivity index (χ1) is 6.99. The number of benzene rings is 1. The summed E-state index contributed by atoms with van der Waals surface area (Å²) in [4.78, 5) is 0. The number of hydrogen-bond acceptors (Lipinski definition) is 2. The summed E-state index contributed by atoms with van der Waals surface area (Å²) in [7, 11) is 1.71. The molecule has 1 aromatic rings. The van der Waals surface area contributed by atoms with Crippen LogP contribution in [0.4, 0.5) is 0 Å². The van der Waals surface area contributed by atoms with Crippen molar-refractivity contribution in [1.82, 2.24) is 0 Å². The molecule has 0 aromatic heterocycles. The molecule has 0 aliphatic rings. The topological polar surface area (TPSA) is 35.2 Å². The summed E-state index contributed by atoms with van der Waals surface area (Å²) >= 11 is 0. The second-order valence-corrected chi connectivity index (χ2v) is 4.40. The number of aryl methyl sites for hydroxylation is 1. The lowest BCUT2D eigenvalue weighted by molar-refractivity contribution is 0.393. The fourth-order valence-electron chi connectivity index (χ4n) is 1.70. The molecule has 0 amide bonds. The van der Waals surface area contributed by atoms with Crippen LogP contribution in [0.5, 0.6) is 5.75 Å². The molecule has 2 nitrogen and oxygen atoms in total. The summed E-state index contributed by atoms with van der Waals surface area (Å²) < 4.78 is 5.45. The van der Waals surface area contributed by atoms with Crippen LogP contribution in [0.2, 0.25) is 0 Å². The standard InChI is InChI=1S/C13H21NO/c1-8(2)12(14)11-7-6-9(3)10(4)13(11)15-5/h6-8,12H,14H2,1-5H3. The predicted octanol–water partition coefficient (Wildman–Crippen LogP) is 2.97. The molecule has 0 saturated heterocycles. The second-order valence-electron chi connectivity index (χ2n) is 4.40. The minimum atomic E-state index is 0.0410. The van der Waals surface area contributed by atoms with E-state index in [1.54, 1.807) is 7.11 Å². The van der Waals surface area contributed by atoms with E-state index in [2.05, 4.69) is 39.8 Å². The molecule has 2 heteroatoms. The molecule has 1 unspecified atom stereocenters. The molecular weight excluding hydrogens is 186 g/mol. The Morgan fingerprint density at radius 1 is 1.20 bits per heavy atom. The molecule has 0 fully saturated rings. The first kappa shape index (κ1) is 12.1. The van der Waals surface area contributed by atoms with E-state index >= 15 is 0 Å². The third-order valence-electron chi connectivity index (χ3n) is 2.99. The molecule has 0 radical (unpaired) electrons. The van der Waals surface area contributed by atoms with Crippen LogP contribution in [0.1, 0.15) is 36.6 Å². The van der Waals surface area contributed by atoms with Crippen LogP contribution in [-0.2, 0) is 0 Å². The monoisotopic (exact) mass is 207 g/mol. The first-order valence-corrected chi connectivity index (χ1v) is 5.38. The third-order valence-corrected chi connectivity index (χ3v) is 2.99. The van der Waals surface area contributed by atoms with E-state index in [1.807, 2.05) is 0 Å². The normalized spacial score (nSPS) is 13.0. The van der Waals surface area contributed by atoms with Crippen LogP contribution >= 0.6 is 0 Å². The summed E-state index contributed by atoms with van der Waals surface area (Å²) in [5.41, 5.74) is 9.69. The van der Waals surface area contributed by atoms with E-state index in [9.17, 15) is 0 Å². The van der Waals surface area contributed by atoms with Crippen molar-refractivity contribution in [3.05, 3.63) is 28.8 Å². The summed E-state index contributed by atoms with van der Waals surface area (Å²) in [5, 5.41) is 0. The zero-order chi connectivity index (χ0) is 11.6. The molecule has 2 N–H and O–H groups in total. The number of nitrogens with two attached hydrogens (primary N) is 1. The minimum absolute atomic E-state index is 0.0410. The highest BCUT2D eigenvalue weighted by molar-refractivity contribution is 5.46. The van der Waals surface area contributed by atoms with E-state index in [4.69, 9.17) is 10.5 Å². The minimum Gasteiger partial charge on any atom is -0.496 e. The number of rotatable bonds is 3. The van der Waals surface area contributed by atoms with E-state index in [0.29, 0.717) is 5.92 Å². The van der Waals surface area contributed by atoms with Gasteiger partial charge in [-0.2, -0.15) is 0 Å². The largest absolute Gasteiger partial charge is 0.496 e. The van der Waals surface area contributed by atoms with Gasteiger partial charge in [0, 0.05) is 11.6 Å². The molecule has 84 valence electrons. The van der Waals surface area contributed by atoms with Gasteiger partial charge in [-0.05, 0) is 30.9 Å². The van der Waals surface area contributed by atoms with Gasteiger partial charge < -0.3 is 10.5 Å². The van der Waals surface area contributed by atoms with Crippen LogP contribution in [0.15, 0.2) is 12.1 Å². The SMILES string of the molecule is COc1c(C(N)C(C)C)ccc(C)c1C. The van der Waals surface area contributed by atoms with Crippen molar-refractivity contribution in [3.63, 3.8) is 0 Å². The Kier molecular flexibility index (Phi) is 3.75. The van der Waals surface area contributed by atoms with Crippen molar-refractivity contribution in [2.24, 2.45) is 11.7 Å². The number of methoxy groups -OCH3 is 1. The van der Waals surface area contributed by atoms with Crippen molar-refractivity contribution in [3.8, 4) is 5.75 Å². The summed E-state index contributed by atoms with van der Waals surface area (Å²) in [5.74, 6) is 1.36. The van der Waals surface area contributed by atoms with Crippen LogP contribution < -0.4 is 10.5 Å². The maximum atomic E-state index is 6.15. The molecule has 1 atom stereocenters. The maximum absolute atomic E-state index is 6.15. The van der Waals surface area contributed by atoms with Gasteiger partial charge in [-0.1, -0.05) is 26.0 Å². The first-order valence-electron chi connectivity index (χ1n) is 5.38. The summed E-state index contributed by atoms with van der Waals surface area (Å²) in [6.45, 7) is 8.41. The molecule has 0 spiro atoms. The van der Waals surface area contributed by atoms with Crippen LogP contribution in [0.25, 0.3) is 0 Å². The van der Waals surface area contributed by atoms with Gasteiger partial charge in [-0.15, -0.1) is 0 Å². The van der Waals surface area contributed by atoms with E-state index in [-0.39, 0.29) is 6.04 Å². The predicted molar refractivity (Wildman–Crippen MR) is 64.2 cm³/mol. The Morgan fingerprint density at radius 2 is 1.80 bits per heavy atom. The van der Waals surface area contributed by atoms with Crippen molar-refractivity contribution < 1.29 is 4.74 Å². The molecule has 1 rings (SSSR count). The van der Waals surface area contributed by atoms with Crippen LogP contribution in [0, 0.1) is 19.8 Å². The van der Waals surface area contributed by atoms with Gasteiger partial charge in [0.25, 0.3) is 0 Å². The highest BCUT2D eigenvalue weighted by Crippen LogP contribution is 2.32. The molecule has 0 aliphatic carbocycles. The van der Waals surface area contributed by atoms with Gasteiger partial charge in [0.15, 0.2) is 0 Å². The molecule has 0 bridgehead atoms. The van der Waals surface area contributed by atoms with E-state index in [0.717, 1.165) is 11.3 Å². The zero-order valence-electron chi connectivity index (χ0n) is 10.3. The molecule has 0 aliphatic heterocycles. The lowest BCUT2D eigenvalue weighted by atomic mass is 9.93. The fraction of sp³-hybridized carbons (Fsp3) is 0.538. The summed E-state index contributed by atoms with van der Waals surface area (Å²) in [6, 6.07) is 4.22. The molecule has 15 heavy (non-hydrogen) atoms. The van der Waals surface area contributed by atoms with Crippen LogP contribution in [0.3, 0.4) is 0 Å². The van der Waals surface area contributed by atoms with Crippen molar-refractivity contribution >= 4 is 0 Å². The van der Waals surface area contributed by atoms with Gasteiger partial charge in [0.2, 0.25) is 0 Å². The molecule has 1 aromatic carbocycles. The second kappa shape index (κ2) is 4.67. The highest BCUT2D eigenvalue weighted by Gasteiger charge is 2.17. The lowest BCUT2D eigenvalue weighted by Crippen LogP contribution is -2.18. The smallest absolute Gasteiger partial charge is 0.126 e. The van der Waals surface area contributed by atoms with Crippen molar-refractivity contribution in [1.29, 1.82) is 0 Å². The third kappa shape index (κ3) is 2.32. The zero-order valence-corrected chi connectivity index (χ0v) is 10.3. The highest BCUT2D eigenvalue weighted by atomic mass is 16.5. The van der Waals surface area contributed by atoms with Gasteiger partial charge in [0.1, 0.15) is 5.75 Å². The van der Waals surface area contributed by atoms with Gasteiger partial charge in [0.05, 0.1) is 7.11 Å². The van der Waals surface area contributed by atoms with Gasteiger partial charge >= 0.3 is 0 Å². The summed E-state index contributed by atoms with van der Waals surface area (Å²) in [6.07, 6.45) is 0. The van der Waals surface area contributed by atoms with Gasteiger partial charge in [-0.25, -0.2) is 0 Å². The number of ether oxygens (including phenoxy) is 1. The molecular formula is C13H21NO. The Morgan fingerprint density at radius 3 is 2.27 bits per heavy atom. The quantitative estimate of drug-likeness (QED) is 0.827. The Hall–Kier alpha value is -1.02. The Bertz CT molecular complexity index is 345.